The van der Waals surface area contributed by atoms with E-state index in [4.69, 9.17) is 11.6 Å². The first-order valence-electron chi connectivity index (χ1n) is 8.46. The number of benzene rings is 1. The number of halogens is 1. The molecular weight excluding hydrogens is 378 g/mol. The quantitative estimate of drug-likeness (QED) is 0.490. The van der Waals surface area contributed by atoms with Gasteiger partial charge < -0.3 is 0 Å². The van der Waals surface area contributed by atoms with Crippen LogP contribution in [0.1, 0.15) is 20.7 Å². The molecule has 0 saturated carbocycles. The molecule has 8 heteroatoms. The van der Waals surface area contributed by atoms with Gasteiger partial charge in [-0.15, -0.1) is 0 Å². The lowest BCUT2D eigenvalue weighted by Crippen LogP contribution is -2.29. The van der Waals surface area contributed by atoms with Crippen molar-refractivity contribution in [2.45, 2.75) is 0 Å². The first-order chi connectivity index (χ1) is 13.6. The number of anilines is 1. The van der Waals surface area contributed by atoms with Gasteiger partial charge in [0.05, 0.1) is 22.2 Å². The number of fused-ring (bicyclic) bond motifs is 3. The highest BCUT2D eigenvalue weighted by atomic mass is 35.5. The second kappa shape index (κ2) is 5.97. The predicted molar refractivity (Wildman–Crippen MR) is 104 cm³/mol. The van der Waals surface area contributed by atoms with Gasteiger partial charge in [-0.05, 0) is 36.4 Å². The van der Waals surface area contributed by atoms with Gasteiger partial charge in [0.25, 0.3) is 11.8 Å². The maximum Gasteiger partial charge on any atom is 0.267 e. The van der Waals surface area contributed by atoms with E-state index in [1.165, 1.54) is 6.20 Å². The molecule has 3 aromatic heterocycles. The molecule has 0 bridgehead atoms. The molecule has 28 heavy (non-hydrogen) atoms. The SMILES string of the molecule is Cn1nc(-c2cccnc2)c2c3c(cnc21)C(=O)N(c1ccc(Cl)cc1)C3=O. The van der Waals surface area contributed by atoms with Crippen LogP contribution in [0.25, 0.3) is 22.3 Å². The van der Waals surface area contributed by atoms with Crippen molar-refractivity contribution in [2.24, 2.45) is 7.05 Å². The molecule has 0 aliphatic carbocycles. The maximum atomic E-state index is 13.3. The van der Waals surface area contributed by atoms with E-state index in [1.54, 1.807) is 54.5 Å². The van der Waals surface area contributed by atoms with Crippen molar-refractivity contribution in [2.75, 3.05) is 4.90 Å². The summed E-state index contributed by atoms with van der Waals surface area (Å²) >= 11 is 5.93. The van der Waals surface area contributed by atoms with Crippen LogP contribution in [-0.4, -0.2) is 31.6 Å². The minimum atomic E-state index is -0.419. The summed E-state index contributed by atoms with van der Waals surface area (Å²) in [5, 5.41) is 5.59. The Labute approximate surface area is 164 Å². The summed E-state index contributed by atoms with van der Waals surface area (Å²) in [7, 11) is 1.75. The van der Waals surface area contributed by atoms with E-state index in [2.05, 4.69) is 15.1 Å². The lowest BCUT2D eigenvalue weighted by molar-refractivity contribution is 0.0926. The fraction of sp³-hybridized carbons (Fsp3) is 0.0500. The van der Waals surface area contributed by atoms with E-state index in [0.717, 1.165) is 10.5 Å². The Kier molecular flexibility index (Phi) is 3.53. The lowest BCUT2D eigenvalue weighted by Gasteiger charge is -2.13. The Morgan fingerprint density at radius 3 is 2.50 bits per heavy atom. The van der Waals surface area contributed by atoms with E-state index in [9.17, 15) is 9.59 Å². The van der Waals surface area contributed by atoms with Crippen LogP contribution >= 0.6 is 11.6 Å². The number of imide groups is 1. The van der Waals surface area contributed by atoms with Gasteiger partial charge in [0, 0.05) is 36.2 Å². The van der Waals surface area contributed by atoms with E-state index in [-0.39, 0.29) is 5.56 Å². The fourth-order valence-corrected chi connectivity index (χ4v) is 3.58. The van der Waals surface area contributed by atoms with Crippen LogP contribution in [0.5, 0.6) is 0 Å². The first kappa shape index (κ1) is 16.6. The van der Waals surface area contributed by atoms with Crippen LogP contribution in [-0.2, 0) is 7.05 Å². The molecule has 0 atom stereocenters. The molecule has 2 amide bonds. The molecule has 4 heterocycles. The van der Waals surface area contributed by atoms with Crippen molar-refractivity contribution in [3.8, 4) is 11.3 Å². The van der Waals surface area contributed by atoms with Crippen molar-refractivity contribution in [3.05, 3.63) is 71.1 Å². The minimum absolute atomic E-state index is 0.255. The molecule has 0 N–H and O–H groups in total. The van der Waals surface area contributed by atoms with E-state index in [1.807, 2.05) is 6.07 Å². The van der Waals surface area contributed by atoms with Crippen LogP contribution in [0.4, 0.5) is 5.69 Å². The van der Waals surface area contributed by atoms with Gasteiger partial charge in [0.1, 0.15) is 5.69 Å². The largest absolute Gasteiger partial charge is 0.268 e. The summed E-state index contributed by atoms with van der Waals surface area (Å²) in [6.45, 7) is 0. The monoisotopic (exact) mass is 389 g/mol. The van der Waals surface area contributed by atoms with Crippen LogP contribution in [0.2, 0.25) is 5.02 Å². The summed E-state index contributed by atoms with van der Waals surface area (Å²) in [5.41, 5.74) is 2.84. The van der Waals surface area contributed by atoms with Crippen LogP contribution in [0, 0.1) is 0 Å². The third-order valence-corrected chi connectivity index (χ3v) is 4.97. The standard InChI is InChI=1S/C20H12ClN5O2/c1-25-18-16(17(24-25)11-3-2-8-22-9-11)15-14(10-23-18)19(27)26(20(15)28)13-6-4-12(21)5-7-13/h2-10H,1H3. The van der Waals surface area contributed by atoms with Gasteiger partial charge in [-0.1, -0.05) is 11.6 Å². The molecule has 0 spiro atoms. The van der Waals surface area contributed by atoms with Gasteiger partial charge in [-0.3, -0.25) is 14.6 Å². The summed E-state index contributed by atoms with van der Waals surface area (Å²) in [6, 6.07) is 10.2. The Morgan fingerprint density at radius 2 is 1.79 bits per heavy atom. The zero-order valence-electron chi connectivity index (χ0n) is 14.6. The lowest BCUT2D eigenvalue weighted by atomic mass is 10.0. The molecule has 1 aliphatic rings. The highest BCUT2D eigenvalue weighted by molar-refractivity contribution is 6.38. The number of aryl methyl sites for hydroxylation is 1. The highest BCUT2D eigenvalue weighted by Crippen LogP contribution is 2.36. The van der Waals surface area contributed by atoms with Gasteiger partial charge >= 0.3 is 0 Å². The van der Waals surface area contributed by atoms with E-state index in [0.29, 0.717) is 33.0 Å². The summed E-state index contributed by atoms with van der Waals surface area (Å²) in [4.78, 5) is 35.9. The predicted octanol–water partition coefficient (Wildman–Crippen LogP) is 3.48. The molecular formula is C20H12ClN5O2. The molecule has 7 nitrogen and oxygen atoms in total. The normalized spacial score (nSPS) is 13.4. The third-order valence-electron chi connectivity index (χ3n) is 4.72. The Bertz CT molecular complexity index is 1270. The van der Waals surface area contributed by atoms with E-state index < -0.39 is 11.8 Å². The zero-order valence-corrected chi connectivity index (χ0v) is 15.4. The van der Waals surface area contributed by atoms with Crippen molar-refractivity contribution < 1.29 is 9.59 Å². The Balaban J connectivity index is 1.77. The molecule has 0 radical (unpaired) electrons. The van der Waals surface area contributed by atoms with Crippen molar-refractivity contribution in [1.82, 2.24) is 19.7 Å². The fourth-order valence-electron chi connectivity index (χ4n) is 3.46. The number of rotatable bonds is 2. The molecule has 1 aromatic carbocycles. The maximum absolute atomic E-state index is 13.3. The second-order valence-electron chi connectivity index (χ2n) is 6.38. The molecule has 0 saturated heterocycles. The molecule has 4 aromatic rings. The summed E-state index contributed by atoms with van der Waals surface area (Å²) in [6.07, 6.45) is 4.76. The average Bonchev–Trinajstić information content (AvgIpc) is 3.18. The third kappa shape index (κ3) is 2.26. The van der Waals surface area contributed by atoms with Crippen LogP contribution in [0.3, 0.4) is 0 Å². The molecule has 136 valence electrons. The number of pyridine rings is 2. The van der Waals surface area contributed by atoms with Gasteiger partial charge in [0.15, 0.2) is 5.65 Å². The van der Waals surface area contributed by atoms with Gasteiger partial charge in [-0.25, -0.2) is 14.6 Å². The number of hydrogen-bond donors (Lipinski definition) is 0. The summed E-state index contributed by atoms with van der Waals surface area (Å²) in [5.74, 6) is -0.828. The molecule has 0 fully saturated rings. The number of carbonyl (C=O) groups excluding carboxylic acids is 2. The van der Waals surface area contributed by atoms with E-state index >= 15 is 0 Å². The zero-order chi connectivity index (χ0) is 19.4. The number of carbonyl (C=O) groups is 2. The Hall–Kier alpha value is -3.58. The minimum Gasteiger partial charge on any atom is -0.268 e. The van der Waals surface area contributed by atoms with Gasteiger partial charge in [0.2, 0.25) is 0 Å². The van der Waals surface area contributed by atoms with Crippen molar-refractivity contribution in [1.29, 1.82) is 0 Å². The van der Waals surface area contributed by atoms with Crippen LogP contribution in [0.15, 0.2) is 55.0 Å². The highest BCUT2D eigenvalue weighted by Gasteiger charge is 2.40. The topological polar surface area (TPSA) is 81.0 Å². The van der Waals surface area contributed by atoms with Crippen LogP contribution < -0.4 is 4.90 Å². The average molecular weight is 390 g/mol. The molecule has 1 aliphatic heterocycles. The smallest absolute Gasteiger partial charge is 0.267 e. The first-order valence-corrected chi connectivity index (χ1v) is 8.84. The van der Waals surface area contributed by atoms with Gasteiger partial charge in [-0.2, -0.15) is 5.10 Å². The number of aromatic nitrogens is 4. The second-order valence-corrected chi connectivity index (χ2v) is 6.82. The van der Waals surface area contributed by atoms with Crippen molar-refractivity contribution in [3.63, 3.8) is 0 Å². The molecule has 5 rings (SSSR count). The Morgan fingerprint density at radius 1 is 1.00 bits per heavy atom. The summed E-state index contributed by atoms with van der Waals surface area (Å²) < 4.78 is 1.60. The number of hydrogen-bond acceptors (Lipinski definition) is 5. The number of amides is 2. The van der Waals surface area contributed by atoms with Crippen molar-refractivity contribution >= 4 is 40.1 Å². The number of nitrogens with zero attached hydrogens (tertiary/aromatic N) is 5. The molecule has 0 unspecified atom stereocenters.